The molecule has 5 heteroatoms. The molecule has 0 aromatic carbocycles. The topological polar surface area (TPSA) is 48.3 Å². The molecular formula is C11H21N3O2. The van der Waals surface area contributed by atoms with Gasteiger partial charge in [0.05, 0.1) is 19.3 Å². The van der Waals surface area contributed by atoms with E-state index in [-0.39, 0.29) is 0 Å². The van der Waals surface area contributed by atoms with Crippen LogP contribution in [0.2, 0.25) is 0 Å². The zero-order valence-corrected chi connectivity index (χ0v) is 10.3. The summed E-state index contributed by atoms with van der Waals surface area (Å²) in [5, 5.41) is 3.36. The molecule has 1 N–H and O–H groups in total. The van der Waals surface area contributed by atoms with Crippen LogP contribution in [0.4, 0.5) is 5.95 Å². The third kappa shape index (κ3) is 3.83. The van der Waals surface area contributed by atoms with Gasteiger partial charge in [-0.2, -0.15) is 0 Å². The zero-order valence-electron chi connectivity index (χ0n) is 10.3. The average Bonchev–Trinajstić information content (AvgIpc) is 2.73. The first kappa shape index (κ1) is 13.0. The van der Waals surface area contributed by atoms with Crippen LogP contribution >= 0.6 is 0 Å². The van der Waals surface area contributed by atoms with Crippen molar-refractivity contribution in [3.05, 3.63) is 12.4 Å². The van der Waals surface area contributed by atoms with Crippen molar-refractivity contribution in [2.24, 2.45) is 0 Å². The predicted octanol–water partition coefficient (Wildman–Crippen LogP) is 1.37. The van der Waals surface area contributed by atoms with Crippen LogP contribution in [0.15, 0.2) is 12.4 Å². The maximum atomic E-state index is 5.14. The van der Waals surface area contributed by atoms with Crippen molar-refractivity contribution in [2.75, 3.05) is 32.8 Å². The minimum absolute atomic E-state index is 0.300. The number of methoxy groups -OCH3 is 2. The van der Waals surface area contributed by atoms with E-state index in [1.807, 2.05) is 10.8 Å². The molecule has 0 fully saturated rings. The molecule has 0 bridgehead atoms. The third-order valence-electron chi connectivity index (χ3n) is 2.45. The number of ether oxygens (including phenoxy) is 2. The Morgan fingerprint density at radius 1 is 1.44 bits per heavy atom. The molecule has 0 spiro atoms. The molecule has 0 saturated heterocycles. The Morgan fingerprint density at radius 3 is 2.88 bits per heavy atom. The Kier molecular flexibility index (Phi) is 5.88. The molecule has 1 heterocycles. The van der Waals surface area contributed by atoms with E-state index in [2.05, 4.69) is 17.2 Å². The van der Waals surface area contributed by atoms with Crippen molar-refractivity contribution in [3.8, 4) is 0 Å². The van der Waals surface area contributed by atoms with Crippen molar-refractivity contribution in [1.29, 1.82) is 0 Å². The van der Waals surface area contributed by atoms with Crippen molar-refractivity contribution in [2.45, 2.75) is 25.9 Å². The minimum Gasteiger partial charge on any atom is -0.383 e. The lowest BCUT2D eigenvalue weighted by Crippen LogP contribution is -2.26. The molecule has 0 amide bonds. The van der Waals surface area contributed by atoms with Gasteiger partial charge in [0.25, 0.3) is 0 Å². The van der Waals surface area contributed by atoms with Crippen molar-refractivity contribution in [1.82, 2.24) is 9.55 Å². The minimum atomic E-state index is 0.300. The normalized spacial score (nSPS) is 12.7. The van der Waals surface area contributed by atoms with E-state index in [1.165, 1.54) is 0 Å². The van der Waals surface area contributed by atoms with Crippen LogP contribution in [0.1, 0.15) is 13.3 Å². The van der Waals surface area contributed by atoms with Crippen LogP contribution in [-0.4, -0.2) is 43.0 Å². The quantitative estimate of drug-likeness (QED) is 0.728. The summed E-state index contributed by atoms with van der Waals surface area (Å²) < 4.78 is 12.2. The number of hydrogen-bond donors (Lipinski definition) is 1. The SMILES string of the molecule is CCC(COC)Nc1nccn1CCOC. The Bertz CT molecular complexity index is 289. The van der Waals surface area contributed by atoms with Gasteiger partial charge in [-0.3, -0.25) is 0 Å². The summed E-state index contributed by atoms with van der Waals surface area (Å²) in [6.45, 7) is 4.31. The van der Waals surface area contributed by atoms with Gasteiger partial charge in [-0.1, -0.05) is 6.92 Å². The number of imidazole rings is 1. The van der Waals surface area contributed by atoms with Gasteiger partial charge >= 0.3 is 0 Å². The van der Waals surface area contributed by atoms with E-state index in [9.17, 15) is 0 Å². The van der Waals surface area contributed by atoms with Gasteiger partial charge in [-0.15, -0.1) is 0 Å². The Labute approximate surface area is 96.8 Å². The number of anilines is 1. The van der Waals surface area contributed by atoms with E-state index in [1.54, 1.807) is 20.4 Å². The van der Waals surface area contributed by atoms with Gasteiger partial charge < -0.3 is 19.4 Å². The molecule has 0 saturated carbocycles. The molecule has 16 heavy (non-hydrogen) atoms. The summed E-state index contributed by atoms with van der Waals surface area (Å²) in [4.78, 5) is 4.28. The van der Waals surface area contributed by atoms with Gasteiger partial charge in [0.15, 0.2) is 0 Å². The van der Waals surface area contributed by atoms with Crippen LogP contribution < -0.4 is 5.32 Å². The first-order valence-corrected chi connectivity index (χ1v) is 5.57. The molecule has 0 aliphatic carbocycles. The lowest BCUT2D eigenvalue weighted by atomic mass is 10.2. The fourth-order valence-corrected chi connectivity index (χ4v) is 1.46. The molecule has 1 rings (SSSR count). The maximum Gasteiger partial charge on any atom is 0.203 e. The molecule has 0 aliphatic rings. The fourth-order valence-electron chi connectivity index (χ4n) is 1.46. The lowest BCUT2D eigenvalue weighted by Gasteiger charge is -2.17. The first-order valence-electron chi connectivity index (χ1n) is 5.57. The van der Waals surface area contributed by atoms with E-state index in [0.29, 0.717) is 19.3 Å². The standard InChI is InChI=1S/C11H21N3O2/c1-4-10(9-16-3)13-11-12-5-6-14(11)7-8-15-2/h5-6,10H,4,7-9H2,1-3H3,(H,12,13). The van der Waals surface area contributed by atoms with Crippen LogP contribution in [0.5, 0.6) is 0 Å². The molecule has 1 atom stereocenters. The smallest absolute Gasteiger partial charge is 0.203 e. The van der Waals surface area contributed by atoms with Crippen molar-refractivity contribution >= 4 is 5.95 Å². The average molecular weight is 227 g/mol. The van der Waals surface area contributed by atoms with Crippen molar-refractivity contribution < 1.29 is 9.47 Å². The molecule has 5 nitrogen and oxygen atoms in total. The highest BCUT2D eigenvalue weighted by Crippen LogP contribution is 2.08. The second-order valence-corrected chi connectivity index (χ2v) is 3.64. The van der Waals surface area contributed by atoms with Crippen LogP contribution in [0.3, 0.4) is 0 Å². The highest BCUT2D eigenvalue weighted by Gasteiger charge is 2.09. The molecule has 1 unspecified atom stereocenters. The van der Waals surface area contributed by atoms with Crippen LogP contribution in [-0.2, 0) is 16.0 Å². The van der Waals surface area contributed by atoms with Crippen molar-refractivity contribution in [3.63, 3.8) is 0 Å². The number of hydrogen-bond acceptors (Lipinski definition) is 4. The largest absolute Gasteiger partial charge is 0.383 e. The number of nitrogens with zero attached hydrogens (tertiary/aromatic N) is 2. The molecule has 1 aromatic rings. The third-order valence-corrected chi connectivity index (χ3v) is 2.45. The first-order chi connectivity index (χ1) is 7.81. The predicted molar refractivity (Wildman–Crippen MR) is 63.7 cm³/mol. The second-order valence-electron chi connectivity index (χ2n) is 3.64. The van der Waals surface area contributed by atoms with Gasteiger partial charge in [-0.25, -0.2) is 4.98 Å². The highest BCUT2D eigenvalue weighted by molar-refractivity contribution is 5.27. The summed E-state index contributed by atoms with van der Waals surface area (Å²) in [6, 6.07) is 0.300. The summed E-state index contributed by atoms with van der Waals surface area (Å²) in [5.74, 6) is 0.876. The van der Waals surface area contributed by atoms with Crippen LogP contribution in [0.25, 0.3) is 0 Å². The van der Waals surface area contributed by atoms with Gasteiger partial charge in [0.2, 0.25) is 5.95 Å². The van der Waals surface area contributed by atoms with Gasteiger partial charge in [0.1, 0.15) is 0 Å². The summed E-state index contributed by atoms with van der Waals surface area (Å²) in [7, 11) is 3.41. The lowest BCUT2D eigenvalue weighted by molar-refractivity contribution is 0.182. The zero-order chi connectivity index (χ0) is 11.8. The molecule has 92 valence electrons. The van der Waals surface area contributed by atoms with E-state index in [4.69, 9.17) is 9.47 Å². The Hall–Kier alpha value is -1.07. The second kappa shape index (κ2) is 7.24. The molecule has 0 radical (unpaired) electrons. The summed E-state index contributed by atoms with van der Waals surface area (Å²) in [5.41, 5.74) is 0. The number of rotatable bonds is 8. The molecular weight excluding hydrogens is 206 g/mol. The Balaban J connectivity index is 2.54. The van der Waals surface area contributed by atoms with E-state index >= 15 is 0 Å². The Morgan fingerprint density at radius 2 is 2.25 bits per heavy atom. The van der Waals surface area contributed by atoms with Gasteiger partial charge in [0, 0.05) is 33.2 Å². The molecule has 0 aliphatic heterocycles. The maximum absolute atomic E-state index is 5.14. The summed E-state index contributed by atoms with van der Waals surface area (Å²) in [6.07, 6.45) is 4.74. The van der Waals surface area contributed by atoms with Crippen LogP contribution in [0, 0.1) is 0 Å². The molecule has 1 aromatic heterocycles. The number of aromatic nitrogens is 2. The number of nitrogens with one attached hydrogen (secondary N) is 1. The van der Waals surface area contributed by atoms with E-state index < -0.39 is 0 Å². The van der Waals surface area contributed by atoms with E-state index in [0.717, 1.165) is 18.9 Å². The monoisotopic (exact) mass is 227 g/mol. The summed E-state index contributed by atoms with van der Waals surface area (Å²) >= 11 is 0. The highest BCUT2D eigenvalue weighted by atomic mass is 16.5. The fraction of sp³-hybridized carbons (Fsp3) is 0.727. The van der Waals surface area contributed by atoms with Gasteiger partial charge in [-0.05, 0) is 6.42 Å².